The number of allylic oxidation sites excluding steroid dienone is 1. The Morgan fingerprint density at radius 3 is 2.61 bits per heavy atom. The maximum Gasteiger partial charge on any atom is 0.337 e. The lowest BCUT2D eigenvalue weighted by molar-refractivity contribution is -0.151. The predicted octanol–water partition coefficient (Wildman–Crippen LogP) is 4.39. The molecule has 0 saturated heterocycles. The number of hydrogen-bond donors (Lipinski definition) is 1. The summed E-state index contributed by atoms with van der Waals surface area (Å²) >= 11 is 0. The molecule has 0 bridgehead atoms. The van der Waals surface area contributed by atoms with Crippen LogP contribution in [0.2, 0.25) is 0 Å². The number of nitrogens with zero attached hydrogens (tertiary/aromatic N) is 2. The van der Waals surface area contributed by atoms with Crippen molar-refractivity contribution in [2.45, 2.75) is 53.1 Å². The molecule has 0 saturated carbocycles. The summed E-state index contributed by atoms with van der Waals surface area (Å²) in [4.78, 5) is 30.0. The van der Waals surface area contributed by atoms with Gasteiger partial charge in [0, 0.05) is 17.5 Å². The predicted molar refractivity (Wildman–Crippen MR) is 133 cm³/mol. The summed E-state index contributed by atoms with van der Waals surface area (Å²) in [6.07, 6.45) is 0.942. The summed E-state index contributed by atoms with van der Waals surface area (Å²) < 4.78 is 22.2. The minimum atomic E-state index is -0.705. The van der Waals surface area contributed by atoms with E-state index >= 15 is 0 Å². The van der Waals surface area contributed by atoms with Gasteiger partial charge in [0.1, 0.15) is 11.9 Å². The second kappa shape index (κ2) is 11.6. The summed E-state index contributed by atoms with van der Waals surface area (Å²) in [7, 11) is 1.51. The molecule has 1 aromatic heterocycles. The van der Waals surface area contributed by atoms with Crippen LogP contribution in [-0.4, -0.2) is 43.4 Å². The van der Waals surface area contributed by atoms with Crippen LogP contribution in [0.4, 0.5) is 5.69 Å². The van der Waals surface area contributed by atoms with Gasteiger partial charge in [-0.3, -0.25) is 4.79 Å². The SMILES string of the molecule is CCOC(=O)C[C@@H](C)OC(=O)C1=C(C)Nc2c(C)cnc(OCC)c2[C@@H]1c1ccc(C#N)cc1OC. The van der Waals surface area contributed by atoms with E-state index in [0.717, 1.165) is 11.3 Å². The molecule has 0 unspecified atom stereocenters. The molecule has 0 aliphatic carbocycles. The van der Waals surface area contributed by atoms with Crippen LogP contribution in [0.25, 0.3) is 0 Å². The Morgan fingerprint density at radius 1 is 1.22 bits per heavy atom. The molecule has 0 radical (unpaired) electrons. The van der Waals surface area contributed by atoms with Crippen LogP contribution in [0.3, 0.4) is 0 Å². The van der Waals surface area contributed by atoms with Crippen molar-refractivity contribution in [3.05, 3.63) is 57.9 Å². The first kappa shape index (κ1) is 26.5. The Hall–Kier alpha value is -4.06. The number of fused-ring (bicyclic) bond motifs is 1. The molecule has 2 aromatic rings. The number of methoxy groups -OCH3 is 1. The van der Waals surface area contributed by atoms with Crippen molar-refractivity contribution in [3.8, 4) is 17.7 Å². The molecule has 0 fully saturated rings. The van der Waals surface area contributed by atoms with Crippen molar-refractivity contribution < 1.29 is 28.5 Å². The first-order valence-corrected chi connectivity index (χ1v) is 11.8. The molecular formula is C27H31N3O6. The molecule has 0 spiro atoms. The molecule has 190 valence electrons. The number of aromatic nitrogens is 1. The Kier molecular flexibility index (Phi) is 8.54. The van der Waals surface area contributed by atoms with Crippen LogP contribution in [0.1, 0.15) is 62.3 Å². The number of esters is 2. The van der Waals surface area contributed by atoms with Crippen molar-refractivity contribution >= 4 is 17.6 Å². The van der Waals surface area contributed by atoms with E-state index in [2.05, 4.69) is 16.4 Å². The van der Waals surface area contributed by atoms with Gasteiger partial charge < -0.3 is 24.3 Å². The Morgan fingerprint density at radius 2 is 1.97 bits per heavy atom. The highest BCUT2D eigenvalue weighted by molar-refractivity contribution is 5.96. The molecule has 3 rings (SSSR count). The van der Waals surface area contributed by atoms with Crippen LogP contribution in [-0.2, 0) is 19.1 Å². The Balaban J connectivity index is 2.18. The molecule has 1 aliphatic rings. The van der Waals surface area contributed by atoms with Crippen LogP contribution >= 0.6 is 0 Å². The van der Waals surface area contributed by atoms with E-state index < -0.39 is 24.0 Å². The zero-order valence-electron chi connectivity index (χ0n) is 21.4. The maximum absolute atomic E-state index is 13.6. The van der Waals surface area contributed by atoms with Gasteiger partial charge in [-0.25, -0.2) is 9.78 Å². The first-order valence-electron chi connectivity index (χ1n) is 11.8. The van der Waals surface area contributed by atoms with E-state index in [-0.39, 0.29) is 13.0 Å². The van der Waals surface area contributed by atoms with Gasteiger partial charge in [-0.15, -0.1) is 0 Å². The highest BCUT2D eigenvalue weighted by Gasteiger charge is 2.39. The third kappa shape index (κ3) is 5.43. The summed E-state index contributed by atoms with van der Waals surface area (Å²) in [5, 5.41) is 12.7. The van der Waals surface area contributed by atoms with Gasteiger partial charge in [0.2, 0.25) is 5.88 Å². The average Bonchev–Trinajstić information content (AvgIpc) is 2.84. The van der Waals surface area contributed by atoms with Crippen molar-refractivity contribution in [1.29, 1.82) is 5.26 Å². The van der Waals surface area contributed by atoms with Crippen molar-refractivity contribution in [1.82, 2.24) is 4.98 Å². The highest BCUT2D eigenvalue weighted by atomic mass is 16.6. The van der Waals surface area contributed by atoms with Gasteiger partial charge in [-0.05, 0) is 52.3 Å². The number of carbonyl (C=O) groups excluding carboxylic acids is 2. The van der Waals surface area contributed by atoms with E-state index in [9.17, 15) is 14.9 Å². The van der Waals surface area contributed by atoms with Crippen molar-refractivity contribution in [3.63, 3.8) is 0 Å². The lowest BCUT2D eigenvalue weighted by Gasteiger charge is -2.33. The largest absolute Gasteiger partial charge is 0.496 e. The van der Waals surface area contributed by atoms with Crippen LogP contribution in [0.15, 0.2) is 35.7 Å². The van der Waals surface area contributed by atoms with E-state index in [1.165, 1.54) is 7.11 Å². The van der Waals surface area contributed by atoms with Gasteiger partial charge in [0.25, 0.3) is 0 Å². The molecule has 2 atom stereocenters. The van der Waals surface area contributed by atoms with Gasteiger partial charge in [0.15, 0.2) is 0 Å². The minimum Gasteiger partial charge on any atom is -0.496 e. The van der Waals surface area contributed by atoms with Crippen molar-refractivity contribution in [2.75, 3.05) is 25.6 Å². The monoisotopic (exact) mass is 493 g/mol. The number of nitriles is 1. The highest BCUT2D eigenvalue weighted by Crippen LogP contribution is 2.49. The molecule has 1 aromatic carbocycles. The number of carbonyl (C=O) groups is 2. The Labute approximate surface area is 211 Å². The fourth-order valence-electron chi connectivity index (χ4n) is 4.25. The van der Waals surface area contributed by atoms with E-state index in [1.807, 2.05) is 13.8 Å². The van der Waals surface area contributed by atoms with E-state index in [0.29, 0.717) is 46.2 Å². The molecule has 9 nitrogen and oxygen atoms in total. The fraction of sp³-hybridized carbons (Fsp3) is 0.407. The zero-order valence-corrected chi connectivity index (χ0v) is 21.4. The standard InChI is InChI=1S/C27H31N3O6/c1-7-34-21(31)11-16(4)36-27(32)22-17(5)30-25-15(3)14-29-26(35-8-2)24(25)23(22)19-10-9-18(13-28)12-20(19)33-6/h9-10,12,14,16,23,30H,7-8,11H2,1-6H3/t16-,23-/m1/s1. The number of nitrogens with one attached hydrogen (secondary N) is 1. The lowest BCUT2D eigenvalue weighted by atomic mass is 9.79. The van der Waals surface area contributed by atoms with Crippen molar-refractivity contribution in [2.24, 2.45) is 0 Å². The number of pyridine rings is 1. The number of hydrogen-bond acceptors (Lipinski definition) is 9. The number of anilines is 1. The molecule has 36 heavy (non-hydrogen) atoms. The second-order valence-electron chi connectivity index (χ2n) is 8.36. The number of ether oxygens (including phenoxy) is 4. The normalized spacial score (nSPS) is 15.2. The number of aryl methyl sites for hydroxylation is 1. The summed E-state index contributed by atoms with van der Waals surface area (Å²) in [5.74, 6) is -0.893. The minimum absolute atomic E-state index is 0.0639. The van der Waals surface area contributed by atoms with Crippen LogP contribution < -0.4 is 14.8 Å². The van der Waals surface area contributed by atoms with E-state index in [1.54, 1.807) is 45.2 Å². The first-order chi connectivity index (χ1) is 17.2. The lowest BCUT2D eigenvalue weighted by Crippen LogP contribution is -2.29. The van der Waals surface area contributed by atoms with Crippen LogP contribution in [0, 0.1) is 18.3 Å². The quantitative estimate of drug-likeness (QED) is 0.507. The van der Waals surface area contributed by atoms with Gasteiger partial charge in [-0.1, -0.05) is 6.07 Å². The third-order valence-corrected chi connectivity index (χ3v) is 5.81. The van der Waals surface area contributed by atoms with Crippen LogP contribution in [0.5, 0.6) is 11.6 Å². The van der Waals surface area contributed by atoms with Gasteiger partial charge in [-0.2, -0.15) is 5.26 Å². The fourth-order valence-corrected chi connectivity index (χ4v) is 4.25. The van der Waals surface area contributed by atoms with Gasteiger partial charge >= 0.3 is 11.9 Å². The molecule has 2 heterocycles. The summed E-state index contributed by atoms with van der Waals surface area (Å²) in [5.41, 5.74) is 4.29. The molecule has 9 heteroatoms. The molecule has 0 amide bonds. The Bertz CT molecular complexity index is 1230. The number of benzene rings is 1. The van der Waals surface area contributed by atoms with E-state index in [4.69, 9.17) is 18.9 Å². The number of rotatable bonds is 9. The third-order valence-electron chi connectivity index (χ3n) is 5.81. The average molecular weight is 494 g/mol. The maximum atomic E-state index is 13.6. The smallest absolute Gasteiger partial charge is 0.337 e. The topological polar surface area (TPSA) is 120 Å². The van der Waals surface area contributed by atoms with Gasteiger partial charge in [0.05, 0.1) is 61.1 Å². The molecule has 1 N–H and O–H groups in total. The summed E-state index contributed by atoms with van der Waals surface area (Å²) in [6.45, 7) is 9.54. The second-order valence-corrected chi connectivity index (χ2v) is 8.36. The molecular weight excluding hydrogens is 462 g/mol. The zero-order chi connectivity index (χ0) is 26.4. The summed E-state index contributed by atoms with van der Waals surface area (Å²) in [6, 6.07) is 7.17. The molecule has 1 aliphatic heterocycles.